The summed E-state index contributed by atoms with van der Waals surface area (Å²) in [5.41, 5.74) is 1.97. The maximum Gasteiger partial charge on any atom is 0.274 e. The van der Waals surface area contributed by atoms with Crippen molar-refractivity contribution in [3.63, 3.8) is 0 Å². The van der Waals surface area contributed by atoms with Gasteiger partial charge in [0.2, 0.25) is 0 Å². The normalized spacial score (nSPS) is 20.7. The van der Waals surface area contributed by atoms with Crippen molar-refractivity contribution in [2.24, 2.45) is 13.0 Å². The average Bonchev–Trinajstić information content (AvgIpc) is 3.14. The summed E-state index contributed by atoms with van der Waals surface area (Å²) >= 11 is 0. The number of fused-ring (bicyclic) bond motifs is 4. The fraction of sp³-hybridized carbons (Fsp3) is 0.350. The van der Waals surface area contributed by atoms with E-state index in [0.717, 1.165) is 12.1 Å². The van der Waals surface area contributed by atoms with E-state index in [1.54, 1.807) is 12.4 Å². The molecule has 5 heterocycles. The second kappa shape index (κ2) is 6.40. The van der Waals surface area contributed by atoms with Crippen molar-refractivity contribution in [3.05, 3.63) is 64.9 Å². The Morgan fingerprint density at radius 3 is 2.75 bits per heavy atom. The van der Waals surface area contributed by atoms with Gasteiger partial charge in [0.15, 0.2) is 0 Å². The van der Waals surface area contributed by atoms with E-state index in [1.807, 2.05) is 39.4 Å². The minimum atomic E-state index is -0.0942. The molecular weight excluding hydrogens is 356 g/mol. The smallest absolute Gasteiger partial charge is 0.274 e. The van der Waals surface area contributed by atoms with Crippen LogP contribution in [0.3, 0.4) is 0 Å². The zero-order valence-electron chi connectivity index (χ0n) is 15.5. The lowest BCUT2D eigenvalue weighted by atomic mass is 9.83. The number of aryl methyl sites for hydroxylation is 1. The summed E-state index contributed by atoms with van der Waals surface area (Å²) < 4.78 is 3.74. The van der Waals surface area contributed by atoms with Crippen LogP contribution in [-0.4, -0.2) is 48.0 Å². The van der Waals surface area contributed by atoms with Crippen molar-refractivity contribution in [2.75, 3.05) is 13.1 Å². The van der Waals surface area contributed by atoms with Gasteiger partial charge in [-0.2, -0.15) is 0 Å². The SMILES string of the molecule is Cn1ccnc1-c1ccc2n(c1=O)C[C@H]1C[C@@H]2CN(C(=O)c2cnccn2)C1. The van der Waals surface area contributed by atoms with E-state index in [1.165, 1.54) is 12.4 Å². The molecule has 8 nitrogen and oxygen atoms in total. The second-order valence-corrected chi connectivity index (χ2v) is 7.55. The van der Waals surface area contributed by atoms with Crippen LogP contribution in [0.2, 0.25) is 0 Å². The third-order valence-electron chi connectivity index (χ3n) is 5.74. The van der Waals surface area contributed by atoms with Gasteiger partial charge in [-0.3, -0.25) is 14.6 Å². The fourth-order valence-electron chi connectivity index (χ4n) is 4.48. The summed E-state index contributed by atoms with van der Waals surface area (Å²) in [4.78, 5) is 40.2. The Kier molecular flexibility index (Phi) is 3.85. The number of aromatic nitrogens is 5. The number of piperidine rings is 1. The van der Waals surface area contributed by atoms with E-state index in [4.69, 9.17) is 0 Å². The number of pyridine rings is 1. The molecule has 28 heavy (non-hydrogen) atoms. The van der Waals surface area contributed by atoms with E-state index in [0.29, 0.717) is 36.7 Å². The molecule has 0 spiro atoms. The average molecular weight is 376 g/mol. The van der Waals surface area contributed by atoms with Gasteiger partial charge in [-0.25, -0.2) is 9.97 Å². The molecule has 0 radical (unpaired) electrons. The first-order valence-corrected chi connectivity index (χ1v) is 9.38. The van der Waals surface area contributed by atoms with Crippen LogP contribution in [0.1, 0.15) is 28.5 Å². The molecule has 3 aromatic heterocycles. The van der Waals surface area contributed by atoms with Crippen molar-refractivity contribution < 1.29 is 4.79 Å². The number of imidazole rings is 1. The maximum atomic E-state index is 13.1. The van der Waals surface area contributed by atoms with Crippen LogP contribution in [0.15, 0.2) is 47.9 Å². The van der Waals surface area contributed by atoms with Gasteiger partial charge in [0.05, 0.1) is 11.8 Å². The molecule has 0 unspecified atom stereocenters. The third-order valence-corrected chi connectivity index (χ3v) is 5.74. The fourth-order valence-corrected chi connectivity index (χ4v) is 4.48. The number of rotatable bonds is 2. The zero-order chi connectivity index (χ0) is 19.3. The van der Waals surface area contributed by atoms with Crippen molar-refractivity contribution in [3.8, 4) is 11.4 Å². The highest BCUT2D eigenvalue weighted by Crippen LogP contribution is 2.36. The minimum absolute atomic E-state index is 0.00444. The molecule has 0 aliphatic carbocycles. The highest BCUT2D eigenvalue weighted by atomic mass is 16.2. The van der Waals surface area contributed by atoms with Crippen molar-refractivity contribution in [1.82, 2.24) is 29.0 Å². The lowest BCUT2D eigenvalue weighted by Crippen LogP contribution is -2.49. The standard InChI is InChI=1S/C20H20N6O2/c1-24-7-6-23-18(24)15-2-3-17-14-8-13(11-26(17)19(15)27)10-25(12-14)20(28)16-9-21-4-5-22-16/h2-7,9,13-14H,8,10-12H2,1H3/t13-,14+/m0/s1. The molecule has 2 bridgehead atoms. The third kappa shape index (κ3) is 2.64. The number of carbonyl (C=O) groups excluding carboxylic acids is 1. The molecule has 142 valence electrons. The van der Waals surface area contributed by atoms with Crippen molar-refractivity contribution in [2.45, 2.75) is 18.9 Å². The number of hydrogen-bond donors (Lipinski definition) is 0. The van der Waals surface area contributed by atoms with E-state index in [-0.39, 0.29) is 23.3 Å². The van der Waals surface area contributed by atoms with E-state index < -0.39 is 0 Å². The minimum Gasteiger partial charge on any atom is -0.336 e. The van der Waals surface area contributed by atoms with Gasteiger partial charge in [0.1, 0.15) is 11.5 Å². The van der Waals surface area contributed by atoms with E-state index in [2.05, 4.69) is 15.0 Å². The molecule has 2 aliphatic heterocycles. The maximum absolute atomic E-state index is 13.1. The van der Waals surface area contributed by atoms with Crippen LogP contribution in [0.25, 0.3) is 11.4 Å². The largest absolute Gasteiger partial charge is 0.336 e. The van der Waals surface area contributed by atoms with Gasteiger partial charge >= 0.3 is 0 Å². The Hall–Kier alpha value is -3.29. The van der Waals surface area contributed by atoms with Crippen LogP contribution in [0, 0.1) is 5.92 Å². The van der Waals surface area contributed by atoms with E-state index >= 15 is 0 Å². The number of amides is 1. The van der Waals surface area contributed by atoms with Crippen LogP contribution in [0.5, 0.6) is 0 Å². The Balaban J connectivity index is 1.48. The highest BCUT2D eigenvalue weighted by Gasteiger charge is 2.37. The summed E-state index contributed by atoms with van der Waals surface area (Å²) in [5.74, 6) is 0.983. The summed E-state index contributed by atoms with van der Waals surface area (Å²) in [6, 6.07) is 3.88. The van der Waals surface area contributed by atoms with Gasteiger partial charge in [-0.15, -0.1) is 0 Å². The Morgan fingerprint density at radius 2 is 2.00 bits per heavy atom. The molecular formula is C20H20N6O2. The monoisotopic (exact) mass is 376 g/mol. The van der Waals surface area contributed by atoms with E-state index in [9.17, 15) is 9.59 Å². The number of likely N-dealkylation sites (tertiary alicyclic amines) is 1. The first-order chi connectivity index (χ1) is 13.6. The summed E-state index contributed by atoms with van der Waals surface area (Å²) in [5, 5.41) is 0. The van der Waals surface area contributed by atoms with Gasteiger partial charge < -0.3 is 14.0 Å². The molecule has 0 N–H and O–H groups in total. The molecule has 2 atom stereocenters. The predicted octanol–water partition coefficient (Wildman–Crippen LogP) is 1.30. The first-order valence-electron chi connectivity index (χ1n) is 9.38. The molecule has 8 heteroatoms. The molecule has 5 rings (SSSR count). The Bertz CT molecular complexity index is 1100. The van der Waals surface area contributed by atoms with Crippen LogP contribution in [0.4, 0.5) is 0 Å². The van der Waals surface area contributed by atoms with Crippen LogP contribution in [-0.2, 0) is 13.6 Å². The van der Waals surface area contributed by atoms with Crippen molar-refractivity contribution in [1.29, 1.82) is 0 Å². The summed E-state index contributed by atoms with van der Waals surface area (Å²) in [6.07, 6.45) is 9.12. The van der Waals surface area contributed by atoms with Gasteiger partial charge in [-0.05, 0) is 24.5 Å². The topological polar surface area (TPSA) is 85.9 Å². The lowest BCUT2D eigenvalue weighted by molar-refractivity contribution is 0.0588. The zero-order valence-corrected chi connectivity index (χ0v) is 15.5. The summed E-state index contributed by atoms with van der Waals surface area (Å²) in [7, 11) is 1.89. The first kappa shape index (κ1) is 16.9. The quantitative estimate of drug-likeness (QED) is 0.673. The number of hydrogen-bond acceptors (Lipinski definition) is 5. The van der Waals surface area contributed by atoms with Crippen LogP contribution >= 0.6 is 0 Å². The van der Waals surface area contributed by atoms with Gasteiger partial charge in [0.25, 0.3) is 11.5 Å². The number of carbonyl (C=O) groups is 1. The molecule has 1 saturated heterocycles. The Labute approximate surface area is 161 Å². The molecule has 0 aromatic carbocycles. The number of nitrogens with zero attached hydrogens (tertiary/aromatic N) is 6. The lowest BCUT2D eigenvalue weighted by Gasteiger charge is -2.42. The molecule has 1 fully saturated rings. The molecule has 2 aliphatic rings. The second-order valence-electron chi connectivity index (χ2n) is 7.55. The molecule has 1 amide bonds. The summed E-state index contributed by atoms with van der Waals surface area (Å²) in [6.45, 7) is 1.84. The Morgan fingerprint density at radius 1 is 1.11 bits per heavy atom. The molecule has 0 saturated carbocycles. The molecule has 3 aromatic rings. The van der Waals surface area contributed by atoms with Crippen LogP contribution < -0.4 is 5.56 Å². The van der Waals surface area contributed by atoms with Gasteiger partial charge in [-0.1, -0.05) is 0 Å². The highest BCUT2D eigenvalue weighted by molar-refractivity contribution is 5.92. The predicted molar refractivity (Wildman–Crippen MR) is 102 cm³/mol. The van der Waals surface area contributed by atoms with Crippen molar-refractivity contribution >= 4 is 5.91 Å². The van der Waals surface area contributed by atoms with Gasteiger partial charge in [0, 0.05) is 63.1 Å².